The smallest absolute Gasteiger partial charge is 0.326 e. The summed E-state index contributed by atoms with van der Waals surface area (Å²) >= 11 is 0. The van der Waals surface area contributed by atoms with Gasteiger partial charge in [-0.25, -0.2) is 17.8 Å². The second kappa shape index (κ2) is 11.8. The first-order chi connectivity index (χ1) is 19.5. The van der Waals surface area contributed by atoms with Crippen LogP contribution in [0.25, 0.3) is 10.9 Å². The molecule has 10 nitrogen and oxygen atoms in total. The number of ether oxygens (including phenoxy) is 1. The first-order valence-electron chi connectivity index (χ1n) is 14.1. The van der Waals surface area contributed by atoms with Crippen LogP contribution >= 0.6 is 0 Å². The molecule has 2 aliphatic rings. The summed E-state index contributed by atoms with van der Waals surface area (Å²) in [7, 11) is -1.44. The van der Waals surface area contributed by atoms with Gasteiger partial charge in [-0.3, -0.25) is 4.99 Å². The lowest BCUT2D eigenvalue weighted by Gasteiger charge is -2.34. The average molecular weight is 584 g/mol. The van der Waals surface area contributed by atoms with Crippen LogP contribution in [0.3, 0.4) is 0 Å². The number of anilines is 1. The Balaban J connectivity index is 1.52. The minimum Gasteiger partial charge on any atom is -0.421 e. The molecule has 1 saturated carbocycles. The van der Waals surface area contributed by atoms with Crippen molar-refractivity contribution in [2.75, 3.05) is 44.4 Å². The summed E-state index contributed by atoms with van der Waals surface area (Å²) in [6.45, 7) is 7.71. The SMILES string of the molecule is CCC(C)C(CC(=NC)C1CC1)=Nc1cc(N2CCN(S(C)(=O)=O)CC2)nc(Oc2ccc3[nH]c(C)cc3c2F)n1. The first kappa shape index (κ1) is 29.1. The number of aromatic amines is 1. The van der Waals surface area contributed by atoms with Crippen LogP contribution in [0.5, 0.6) is 11.8 Å². The molecule has 0 spiro atoms. The van der Waals surface area contributed by atoms with Crippen molar-refractivity contribution in [3.8, 4) is 11.8 Å². The first-order valence-corrected chi connectivity index (χ1v) is 16.0. The second-order valence-corrected chi connectivity index (χ2v) is 13.0. The molecular formula is C29H38FN7O3S. The third-order valence-corrected chi connectivity index (χ3v) is 9.19. The molecule has 0 bridgehead atoms. The number of rotatable bonds is 10. The average Bonchev–Trinajstić information content (AvgIpc) is 3.72. The summed E-state index contributed by atoms with van der Waals surface area (Å²) in [4.78, 5) is 23.8. The van der Waals surface area contributed by atoms with E-state index in [1.165, 1.54) is 10.6 Å². The van der Waals surface area contributed by atoms with Crippen LogP contribution in [0.1, 0.15) is 45.2 Å². The molecule has 41 heavy (non-hydrogen) atoms. The van der Waals surface area contributed by atoms with Crippen molar-refractivity contribution < 1.29 is 17.5 Å². The van der Waals surface area contributed by atoms with Crippen molar-refractivity contribution in [2.24, 2.45) is 21.8 Å². The molecule has 0 radical (unpaired) electrons. The van der Waals surface area contributed by atoms with Crippen LogP contribution in [-0.4, -0.2) is 78.6 Å². The molecule has 0 amide bonds. The maximum absolute atomic E-state index is 15.4. The normalized spacial score (nSPS) is 18.2. The van der Waals surface area contributed by atoms with Gasteiger partial charge < -0.3 is 14.6 Å². The minimum atomic E-state index is -3.28. The van der Waals surface area contributed by atoms with Gasteiger partial charge in [-0.15, -0.1) is 0 Å². The Morgan fingerprint density at radius 3 is 2.56 bits per heavy atom. The highest BCUT2D eigenvalue weighted by Gasteiger charge is 2.29. The number of halogens is 1. The molecule has 2 aromatic heterocycles. The lowest BCUT2D eigenvalue weighted by Crippen LogP contribution is -2.48. The van der Waals surface area contributed by atoms with Gasteiger partial charge in [0, 0.05) is 73.7 Å². The zero-order valence-electron chi connectivity index (χ0n) is 24.3. The zero-order chi connectivity index (χ0) is 29.3. The Hall–Kier alpha value is -3.38. The molecule has 3 aromatic rings. The van der Waals surface area contributed by atoms with Gasteiger partial charge in [0.2, 0.25) is 10.0 Å². The van der Waals surface area contributed by atoms with Crippen LogP contribution in [0, 0.1) is 24.6 Å². The summed E-state index contributed by atoms with van der Waals surface area (Å²) in [5, 5.41) is 0.428. The molecule has 1 aromatic carbocycles. The van der Waals surface area contributed by atoms with Crippen LogP contribution in [0.15, 0.2) is 34.3 Å². The monoisotopic (exact) mass is 583 g/mol. The third kappa shape index (κ3) is 6.75. The number of piperazine rings is 1. The van der Waals surface area contributed by atoms with Gasteiger partial charge in [0.05, 0.1) is 6.26 Å². The van der Waals surface area contributed by atoms with Crippen molar-refractivity contribution in [3.05, 3.63) is 35.8 Å². The number of aliphatic imine (C=N–C) groups is 2. The fourth-order valence-electron chi connectivity index (χ4n) is 5.09. The maximum Gasteiger partial charge on any atom is 0.326 e. The molecule has 1 aliphatic carbocycles. The third-order valence-electron chi connectivity index (χ3n) is 7.89. The number of aryl methyl sites for hydroxylation is 1. The number of hydrogen-bond acceptors (Lipinski definition) is 8. The van der Waals surface area contributed by atoms with Gasteiger partial charge >= 0.3 is 6.01 Å². The van der Waals surface area contributed by atoms with Gasteiger partial charge in [0.15, 0.2) is 17.4 Å². The van der Waals surface area contributed by atoms with Crippen LogP contribution in [0.2, 0.25) is 0 Å². The van der Waals surface area contributed by atoms with Crippen LogP contribution in [-0.2, 0) is 10.0 Å². The Labute approximate surface area is 240 Å². The van der Waals surface area contributed by atoms with Crippen molar-refractivity contribution in [2.45, 2.75) is 46.5 Å². The van der Waals surface area contributed by atoms with E-state index in [1.807, 2.05) is 18.9 Å². The molecule has 1 N–H and O–H groups in total. The quantitative estimate of drug-likeness (QED) is 0.325. The molecule has 220 valence electrons. The number of H-pyrrole nitrogens is 1. The second-order valence-electron chi connectivity index (χ2n) is 11.0. The van der Waals surface area contributed by atoms with Gasteiger partial charge in [-0.2, -0.15) is 14.3 Å². The molecule has 12 heteroatoms. The molecule has 1 unspecified atom stereocenters. The van der Waals surface area contributed by atoms with Crippen molar-refractivity contribution in [3.63, 3.8) is 0 Å². The molecule has 1 aliphatic heterocycles. The number of benzene rings is 1. The molecular weight excluding hydrogens is 545 g/mol. The molecule has 1 saturated heterocycles. The number of fused-ring (bicyclic) bond motifs is 1. The highest BCUT2D eigenvalue weighted by atomic mass is 32.2. The Bertz CT molecular complexity index is 1590. The van der Waals surface area contributed by atoms with E-state index in [-0.39, 0.29) is 17.7 Å². The van der Waals surface area contributed by atoms with Crippen molar-refractivity contribution in [1.82, 2.24) is 19.3 Å². The van der Waals surface area contributed by atoms with Crippen LogP contribution in [0.4, 0.5) is 16.0 Å². The summed E-state index contributed by atoms with van der Waals surface area (Å²) in [5.74, 6) is 1.22. The largest absolute Gasteiger partial charge is 0.421 e. The van der Waals surface area contributed by atoms with E-state index in [0.29, 0.717) is 61.1 Å². The van der Waals surface area contributed by atoms with Gasteiger partial charge in [0.1, 0.15) is 5.82 Å². The maximum atomic E-state index is 15.4. The number of hydrogen-bond donors (Lipinski definition) is 1. The lowest BCUT2D eigenvalue weighted by atomic mass is 9.96. The molecule has 5 rings (SSSR count). The zero-order valence-corrected chi connectivity index (χ0v) is 25.1. The van der Waals surface area contributed by atoms with Crippen molar-refractivity contribution >= 4 is 44.0 Å². The molecule has 3 heterocycles. The number of nitrogens with zero attached hydrogens (tertiary/aromatic N) is 6. The number of nitrogens with one attached hydrogen (secondary N) is 1. The fraction of sp³-hybridized carbons (Fsp3) is 0.517. The highest BCUT2D eigenvalue weighted by Crippen LogP contribution is 2.34. The number of sulfonamides is 1. The Morgan fingerprint density at radius 1 is 1.20 bits per heavy atom. The Morgan fingerprint density at radius 2 is 1.93 bits per heavy atom. The minimum absolute atomic E-state index is 0.0155. The van der Waals surface area contributed by atoms with E-state index in [4.69, 9.17) is 9.73 Å². The van der Waals surface area contributed by atoms with Crippen LogP contribution < -0.4 is 9.64 Å². The lowest BCUT2D eigenvalue weighted by molar-refractivity contribution is 0.384. The van der Waals surface area contributed by atoms with Gasteiger partial charge in [-0.1, -0.05) is 13.8 Å². The predicted molar refractivity (Wildman–Crippen MR) is 161 cm³/mol. The van der Waals surface area contributed by atoms with E-state index < -0.39 is 15.8 Å². The summed E-state index contributed by atoms with van der Waals surface area (Å²) in [6.07, 6.45) is 5.13. The standard InChI is InChI=1S/C29H38FN7O3S/c1-6-18(2)23(16-24(31-4)20-7-8-20)33-26-17-27(36-11-13-37(14-12-36)41(5,38)39)35-29(34-26)40-25-10-9-22-21(28(25)30)15-19(3)32-22/h9-10,15,17-18,20,32H,6-8,11-14,16H2,1-5H3. The topological polar surface area (TPSA) is 116 Å². The summed E-state index contributed by atoms with van der Waals surface area (Å²) in [5.41, 5.74) is 3.66. The van der Waals surface area contributed by atoms with Gasteiger partial charge in [0.25, 0.3) is 0 Å². The van der Waals surface area contributed by atoms with E-state index in [0.717, 1.165) is 36.4 Å². The van der Waals surface area contributed by atoms with E-state index in [1.54, 1.807) is 24.3 Å². The van der Waals surface area contributed by atoms with Crippen molar-refractivity contribution in [1.29, 1.82) is 0 Å². The molecule has 1 atom stereocenters. The molecule has 2 fully saturated rings. The van der Waals surface area contributed by atoms with E-state index in [9.17, 15) is 8.42 Å². The fourth-order valence-corrected chi connectivity index (χ4v) is 5.92. The Kier molecular flexibility index (Phi) is 8.42. The number of aromatic nitrogens is 3. The summed E-state index contributed by atoms with van der Waals surface area (Å²) in [6, 6.07) is 6.82. The van der Waals surface area contributed by atoms with Gasteiger partial charge in [-0.05, 0) is 56.2 Å². The summed E-state index contributed by atoms with van der Waals surface area (Å²) < 4.78 is 46.9. The predicted octanol–water partition coefficient (Wildman–Crippen LogP) is 5.27. The highest BCUT2D eigenvalue weighted by molar-refractivity contribution is 7.88. The van der Waals surface area contributed by atoms with E-state index >= 15 is 4.39 Å². The van der Waals surface area contributed by atoms with E-state index in [2.05, 4.69) is 33.8 Å².